The number of rotatable bonds is 21. The number of carboxylic acids is 1. The summed E-state index contributed by atoms with van der Waals surface area (Å²) in [4.78, 5) is 83.2. The predicted molar refractivity (Wildman–Crippen MR) is 226 cm³/mol. The van der Waals surface area contributed by atoms with Gasteiger partial charge in [0, 0.05) is 31.7 Å². The summed E-state index contributed by atoms with van der Waals surface area (Å²) in [6.45, 7) is 0.0378. The molecule has 4 aromatic carbocycles. The highest BCUT2D eigenvalue weighted by molar-refractivity contribution is 5.95. The van der Waals surface area contributed by atoms with Crippen LogP contribution in [-0.2, 0) is 41.6 Å². The molecule has 0 fully saturated rings. The number of nitrogens with zero attached hydrogens (tertiary/aromatic N) is 1. The first-order valence-electron chi connectivity index (χ1n) is 19.7. The maximum absolute atomic E-state index is 14.1. The maximum atomic E-state index is 14.1. The van der Waals surface area contributed by atoms with Gasteiger partial charge in [-0.2, -0.15) is 0 Å². The monoisotopic (exact) mass is 834 g/mol. The maximum Gasteiger partial charge on any atom is 0.407 e. The zero-order chi connectivity index (χ0) is 43.9. The van der Waals surface area contributed by atoms with Crippen LogP contribution in [-0.4, -0.2) is 89.2 Å². The third kappa shape index (κ3) is 13.0. The minimum absolute atomic E-state index is 0.00434. The number of guanidine groups is 1. The van der Waals surface area contributed by atoms with Crippen molar-refractivity contribution in [2.45, 2.75) is 68.6 Å². The summed E-state index contributed by atoms with van der Waals surface area (Å²) in [5.41, 5.74) is 21.8. The second-order valence-electron chi connectivity index (χ2n) is 14.5. The topological polar surface area (TPSA) is 291 Å². The van der Waals surface area contributed by atoms with E-state index in [-0.39, 0.29) is 62.9 Å². The molecule has 1 aliphatic rings. The van der Waals surface area contributed by atoms with Crippen LogP contribution >= 0.6 is 0 Å². The van der Waals surface area contributed by atoms with Crippen LogP contribution in [0.1, 0.15) is 53.9 Å². The molecule has 17 nitrogen and oxygen atoms in total. The molecule has 320 valence electrons. The fraction of sp³-hybridized carbons (Fsp3) is 0.295. The van der Waals surface area contributed by atoms with Crippen LogP contribution in [0, 0.1) is 0 Å². The number of aromatic hydroxyl groups is 1. The van der Waals surface area contributed by atoms with Crippen LogP contribution in [0.4, 0.5) is 4.79 Å². The number of benzene rings is 4. The molecule has 0 bridgehead atoms. The quantitative estimate of drug-likeness (QED) is 0.0332. The molecule has 0 spiro atoms. The van der Waals surface area contributed by atoms with Gasteiger partial charge in [-0.25, -0.2) is 4.79 Å². The highest BCUT2D eigenvalue weighted by Gasteiger charge is 2.33. The summed E-state index contributed by atoms with van der Waals surface area (Å²) in [6.07, 6.45) is -1.68. The number of fused-ring (bicyclic) bond motifs is 3. The lowest BCUT2D eigenvalue weighted by Gasteiger charge is -2.26. The Labute approximate surface area is 352 Å². The fourth-order valence-corrected chi connectivity index (χ4v) is 7.06. The molecule has 0 saturated carbocycles. The Morgan fingerprint density at radius 2 is 1.13 bits per heavy atom. The smallest absolute Gasteiger partial charge is 0.407 e. The number of alkyl carbamates (subject to hydrolysis) is 1. The van der Waals surface area contributed by atoms with E-state index in [4.69, 9.17) is 21.9 Å². The van der Waals surface area contributed by atoms with Crippen LogP contribution in [0.15, 0.2) is 108 Å². The largest absolute Gasteiger partial charge is 0.508 e. The van der Waals surface area contributed by atoms with Gasteiger partial charge in [0.1, 0.15) is 36.5 Å². The van der Waals surface area contributed by atoms with Crippen molar-refractivity contribution in [3.05, 3.63) is 125 Å². The van der Waals surface area contributed by atoms with Gasteiger partial charge >= 0.3 is 12.1 Å². The van der Waals surface area contributed by atoms with E-state index in [0.29, 0.717) is 11.1 Å². The summed E-state index contributed by atoms with van der Waals surface area (Å²) in [5.74, 6) is -4.96. The normalized spacial score (nSPS) is 13.5. The van der Waals surface area contributed by atoms with Crippen molar-refractivity contribution in [1.82, 2.24) is 21.3 Å². The SMILES string of the molecule is NC(=O)[C@H](Cc1ccc(O)cc1)NC(=O)[C@H](CCCN=C(N)N)NC(=O)[C@H](Cc1ccccc1)NC(=O)[C@H](CCC(=O)O)NC(=O)OCC1c2ccccc2-c2ccccc21. The summed E-state index contributed by atoms with van der Waals surface area (Å²) in [7, 11) is 0. The van der Waals surface area contributed by atoms with Crippen LogP contribution in [0.2, 0.25) is 0 Å². The van der Waals surface area contributed by atoms with Gasteiger partial charge in [0.05, 0.1) is 0 Å². The molecule has 61 heavy (non-hydrogen) atoms. The van der Waals surface area contributed by atoms with Gasteiger partial charge in [-0.05, 0) is 64.8 Å². The van der Waals surface area contributed by atoms with E-state index in [2.05, 4.69) is 26.3 Å². The number of phenols is 1. The van der Waals surface area contributed by atoms with E-state index in [1.807, 2.05) is 48.5 Å². The molecule has 0 unspecified atom stereocenters. The number of aliphatic imine (C=N–C) groups is 1. The van der Waals surface area contributed by atoms with Gasteiger partial charge in [-0.15, -0.1) is 0 Å². The molecule has 0 aromatic heterocycles. The van der Waals surface area contributed by atoms with E-state index in [1.54, 1.807) is 42.5 Å². The molecule has 0 aliphatic heterocycles. The van der Waals surface area contributed by atoms with E-state index < -0.39 is 66.3 Å². The number of primary amides is 1. The molecule has 12 N–H and O–H groups in total. The second-order valence-corrected chi connectivity index (χ2v) is 14.5. The number of aliphatic carboxylic acids is 1. The Morgan fingerprint density at radius 1 is 0.623 bits per heavy atom. The van der Waals surface area contributed by atoms with Gasteiger partial charge < -0.3 is 53.4 Å². The molecule has 0 radical (unpaired) electrons. The molecular weight excluding hydrogens is 785 g/mol. The van der Waals surface area contributed by atoms with Crippen molar-refractivity contribution in [3.8, 4) is 16.9 Å². The average Bonchev–Trinajstić information content (AvgIpc) is 3.56. The van der Waals surface area contributed by atoms with Crippen molar-refractivity contribution in [2.24, 2.45) is 22.2 Å². The van der Waals surface area contributed by atoms with Gasteiger partial charge in [-0.3, -0.25) is 29.0 Å². The minimum Gasteiger partial charge on any atom is -0.508 e. The Bertz CT molecular complexity index is 2170. The number of phenolic OH excluding ortho intramolecular Hbond substituents is 1. The van der Waals surface area contributed by atoms with E-state index in [1.165, 1.54) is 12.1 Å². The molecular formula is C44H50N8O9. The molecule has 17 heteroatoms. The molecule has 1 aliphatic carbocycles. The number of carbonyl (C=O) groups is 6. The number of amides is 5. The van der Waals surface area contributed by atoms with Gasteiger partial charge in [0.25, 0.3) is 0 Å². The fourth-order valence-electron chi connectivity index (χ4n) is 7.06. The van der Waals surface area contributed by atoms with Crippen molar-refractivity contribution >= 4 is 41.7 Å². The molecule has 0 saturated heterocycles. The summed E-state index contributed by atoms with van der Waals surface area (Å²) in [5, 5.41) is 29.6. The number of hydrogen-bond donors (Lipinski definition) is 9. The second kappa shape index (κ2) is 21.5. The van der Waals surface area contributed by atoms with E-state index in [9.17, 15) is 39.0 Å². The lowest BCUT2D eigenvalue weighted by Crippen LogP contribution is -2.58. The van der Waals surface area contributed by atoms with Crippen LogP contribution in [0.25, 0.3) is 11.1 Å². The Morgan fingerprint density at radius 3 is 1.72 bits per heavy atom. The first kappa shape index (κ1) is 44.7. The van der Waals surface area contributed by atoms with Crippen LogP contribution in [0.5, 0.6) is 5.75 Å². The Hall–Kier alpha value is -7.43. The first-order chi connectivity index (χ1) is 29.3. The minimum atomic E-state index is -1.44. The van der Waals surface area contributed by atoms with Crippen molar-refractivity contribution < 1.29 is 43.7 Å². The summed E-state index contributed by atoms with van der Waals surface area (Å²) in [6, 6.07) is 24.9. The number of nitrogens with two attached hydrogens (primary N) is 3. The molecule has 4 aromatic rings. The van der Waals surface area contributed by atoms with E-state index in [0.717, 1.165) is 22.3 Å². The molecule has 4 atom stereocenters. The van der Waals surface area contributed by atoms with Gasteiger partial charge in [-0.1, -0.05) is 91.0 Å². The van der Waals surface area contributed by atoms with Gasteiger partial charge in [0.2, 0.25) is 23.6 Å². The van der Waals surface area contributed by atoms with Crippen LogP contribution < -0.4 is 38.5 Å². The highest BCUT2D eigenvalue weighted by atomic mass is 16.5. The molecule has 5 amide bonds. The number of nitrogens with one attached hydrogen (secondary N) is 4. The van der Waals surface area contributed by atoms with Crippen molar-refractivity contribution in [3.63, 3.8) is 0 Å². The van der Waals surface area contributed by atoms with Crippen LogP contribution in [0.3, 0.4) is 0 Å². The predicted octanol–water partition coefficient (Wildman–Crippen LogP) is 1.94. The molecule has 0 heterocycles. The highest BCUT2D eigenvalue weighted by Crippen LogP contribution is 2.44. The first-order valence-corrected chi connectivity index (χ1v) is 19.7. The number of hydrogen-bond acceptors (Lipinski definition) is 9. The number of carbonyl (C=O) groups excluding carboxylic acids is 5. The summed E-state index contributed by atoms with van der Waals surface area (Å²) < 4.78 is 5.64. The lowest BCUT2D eigenvalue weighted by atomic mass is 9.98. The van der Waals surface area contributed by atoms with Gasteiger partial charge in [0.15, 0.2) is 5.96 Å². The van der Waals surface area contributed by atoms with Crippen molar-refractivity contribution in [1.29, 1.82) is 0 Å². The molecule has 5 rings (SSSR count). The Kier molecular flexibility index (Phi) is 15.8. The zero-order valence-corrected chi connectivity index (χ0v) is 33.3. The number of ether oxygens (including phenoxy) is 1. The van der Waals surface area contributed by atoms with E-state index >= 15 is 0 Å². The standard InChI is InChI=1S/C44H50N8O9/c45-39(56)36(23-27-16-18-28(53)19-17-27)50-40(57)34(15-8-22-48-43(46)47)49-42(59)37(24-26-9-2-1-3-10-26)51-41(58)35(20-21-38(54)55)52-44(60)61-25-33-31-13-6-4-11-29(31)30-12-5-7-14-32(30)33/h1-7,9-14,16-19,33-37,53H,8,15,20-25H2,(H2,45,56)(H,49,59)(H,50,57)(H,51,58)(H,52,60)(H,54,55)(H4,46,47,48)/t34-,35-,36-,37-/m0/s1. The number of carboxylic acid groups (broad SMARTS) is 1. The lowest BCUT2D eigenvalue weighted by molar-refractivity contribution is -0.137. The third-order valence-corrected chi connectivity index (χ3v) is 10.1. The summed E-state index contributed by atoms with van der Waals surface area (Å²) >= 11 is 0. The van der Waals surface area contributed by atoms with Crippen molar-refractivity contribution in [2.75, 3.05) is 13.2 Å². The Balaban J connectivity index is 1.32. The third-order valence-electron chi connectivity index (χ3n) is 10.1. The average molecular weight is 835 g/mol. The zero-order valence-electron chi connectivity index (χ0n) is 33.3.